The molecular weight excluding hydrogens is 252 g/mol. The van der Waals surface area contributed by atoms with Crippen LogP contribution in [0.4, 0.5) is 5.69 Å². The molecule has 0 radical (unpaired) electrons. The maximum Gasteiger partial charge on any atom is 0.117 e. The number of hydrogen-bond donors (Lipinski definition) is 2. The molecule has 1 saturated carbocycles. The number of aliphatic hydroxyl groups excluding tert-OH is 1. The largest absolute Gasteiger partial charge is 0.468 e. The standard InChI is InChI=1S/C16H20N2O2/c17-13-5-3-12(4-6-13)16(19)11-18(14-7-8-14)10-15-2-1-9-20-15/h1-6,9,14,16,19H,7-8,10-11,17H2. The highest BCUT2D eigenvalue weighted by Crippen LogP contribution is 2.30. The normalized spacial score (nSPS) is 16.5. The molecule has 1 aromatic carbocycles. The second-order valence-electron chi connectivity index (χ2n) is 5.42. The predicted molar refractivity (Wildman–Crippen MR) is 78.0 cm³/mol. The molecule has 1 atom stereocenters. The first-order chi connectivity index (χ1) is 9.72. The molecule has 2 aromatic rings. The molecular formula is C16H20N2O2. The Morgan fingerprint density at radius 2 is 2.00 bits per heavy atom. The lowest BCUT2D eigenvalue weighted by Crippen LogP contribution is -2.30. The van der Waals surface area contributed by atoms with E-state index >= 15 is 0 Å². The van der Waals surface area contributed by atoms with E-state index in [1.807, 2.05) is 36.4 Å². The van der Waals surface area contributed by atoms with Gasteiger partial charge in [-0.2, -0.15) is 0 Å². The predicted octanol–water partition coefficient (Wildman–Crippen LogP) is 2.56. The first kappa shape index (κ1) is 13.2. The number of furan rings is 1. The molecule has 1 unspecified atom stereocenters. The van der Waals surface area contributed by atoms with Gasteiger partial charge in [-0.3, -0.25) is 4.90 Å². The molecule has 1 aliphatic carbocycles. The van der Waals surface area contributed by atoms with Crippen LogP contribution in [-0.4, -0.2) is 22.6 Å². The maximum atomic E-state index is 10.4. The van der Waals surface area contributed by atoms with E-state index in [1.165, 1.54) is 12.8 Å². The summed E-state index contributed by atoms with van der Waals surface area (Å²) in [6.07, 6.45) is 3.60. The minimum atomic E-state index is -0.494. The zero-order chi connectivity index (χ0) is 13.9. The number of rotatable bonds is 6. The second kappa shape index (κ2) is 5.69. The van der Waals surface area contributed by atoms with Crippen molar-refractivity contribution in [3.63, 3.8) is 0 Å². The molecule has 106 valence electrons. The average molecular weight is 272 g/mol. The monoisotopic (exact) mass is 272 g/mol. The number of aliphatic hydroxyl groups is 1. The number of benzene rings is 1. The van der Waals surface area contributed by atoms with Crippen LogP contribution in [0.15, 0.2) is 47.1 Å². The first-order valence-electron chi connectivity index (χ1n) is 7.02. The van der Waals surface area contributed by atoms with Crippen molar-refractivity contribution in [2.24, 2.45) is 0 Å². The van der Waals surface area contributed by atoms with Crippen LogP contribution in [0, 0.1) is 0 Å². The topological polar surface area (TPSA) is 62.6 Å². The molecule has 1 aliphatic rings. The highest BCUT2D eigenvalue weighted by molar-refractivity contribution is 5.39. The fraction of sp³-hybridized carbons (Fsp3) is 0.375. The Morgan fingerprint density at radius 3 is 2.60 bits per heavy atom. The summed E-state index contributed by atoms with van der Waals surface area (Å²) >= 11 is 0. The van der Waals surface area contributed by atoms with Gasteiger partial charge in [0.1, 0.15) is 5.76 Å². The summed E-state index contributed by atoms with van der Waals surface area (Å²) in [6.45, 7) is 1.37. The number of anilines is 1. The summed E-state index contributed by atoms with van der Waals surface area (Å²) in [5.41, 5.74) is 7.30. The summed E-state index contributed by atoms with van der Waals surface area (Å²) in [4.78, 5) is 2.29. The molecule has 0 saturated heterocycles. The van der Waals surface area contributed by atoms with E-state index in [0.29, 0.717) is 12.6 Å². The van der Waals surface area contributed by atoms with Crippen molar-refractivity contribution >= 4 is 5.69 Å². The summed E-state index contributed by atoms with van der Waals surface area (Å²) < 4.78 is 5.41. The molecule has 20 heavy (non-hydrogen) atoms. The van der Waals surface area contributed by atoms with Crippen molar-refractivity contribution in [2.75, 3.05) is 12.3 Å². The number of nitrogen functional groups attached to an aromatic ring is 1. The number of hydrogen-bond acceptors (Lipinski definition) is 4. The van der Waals surface area contributed by atoms with Crippen LogP contribution in [0.2, 0.25) is 0 Å². The van der Waals surface area contributed by atoms with Gasteiger partial charge >= 0.3 is 0 Å². The van der Waals surface area contributed by atoms with Crippen LogP contribution in [0.5, 0.6) is 0 Å². The molecule has 3 N–H and O–H groups in total. The first-order valence-corrected chi connectivity index (χ1v) is 7.02. The van der Waals surface area contributed by atoms with Gasteiger partial charge in [0, 0.05) is 18.3 Å². The Balaban J connectivity index is 1.65. The Hall–Kier alpha value is -1.78. The SMILES string of the molecule is Nc1ccc(C(O)CN(Cc2ccco2)C2CC2)cc1. The molecule has 4 nitrogen and oxygen atoms in total. The van der Waals surface area contributed by atoms with Crippen LogP contribution in [0.3, 0.4) is 0 Å². The minimum absolute atomic E-state index is 0.494. The molecule has 0 spiro atoms. The third-order valence-electron chi connectivity index (χ3n) is 3.73. The van der Waals surface area contributed by atoms with Gasteiger partial charge in [-0.05, 0) is 42.7 Å². The summed E-state index contributed by atoms with van der Waals surface area (Å²) in [6, 6.07) is 11.9. The van der Waals surface area contributed by atoms with Crippen molar-refractivity contribution < 1.29 is 9.52 Å². The van der Waals surface area contributed by atoms with E-state index < -0.39 is 6.10 Å². The lowest BCUT2D eigenvalue weighted by molar-refractivity contribution is 0.100. The third kappa shape index (κ3) is 3.21. The minimum Gasteiger partial charge on any atom is -0.468 e. The highest BCUT2D eigenvalue weighted by Gasteiger charge is 2.31. The third-order valence-corrected chi connectivity index (χ3v) is 3.73. The van der Waals surface area contributed by atoms with Crippen molar-refractivity contribution in [3.8, 4) is 0 Å². The molecule has 0 aliphatic heterocycles. The van der Waals surface area contributed by atoms with E-state index in [1.54, 1.807) is 6.26 Å². The quantitative estimate of drug-likeness (QED) is 0.793. The van der Waals surface area contributed by atoms with Crippen LogP contribution in [-0.2, 0) is 6.54 Å². The number of nitrogens with two attached hydrogens (primary N) is 1. The Morgan fingerprint density at radius 1 is 1.25 bits per heavy atom. The van der Waals surface area contributed by atoms with E-state index in [-0.39, 0.29) is 0 Å². The molecule has 1 heterocycles. The van der Waals surface area contributed by atoms with E-state index in [9.17, 15) is 5.11 Å². The van der Waals surface area contributed by atoms with Crippen molar-refractivity contribution in [1.82, 2.24) is 4.90 Å². The summed E-state index contributed by atoms with van der Waals surface area (Å²) in [5, 5.41) is 10.4. The highest BCUT2D eigenvalue weighted by atomic mass is 16.3. The van der Waals surface area contributed by atoms with Crippen molar-refractivity contribution in [1.29, 1.82) is 0 Å². The molecule has 0 amide bonds. The second-order valence-corrected chi connectivity index (χ2v) is 5.42. The molecule has 1 aromatic heterocycles. The Labute approximate surface area is 118 Å². The van der Waals surface area contributed by atoms with E-state index in [0.717, 1.165) is 23.6 Å². The lowest BCUT2D eigenvalue weighted by Gasteiger charge is -2.24. The lowest BCUT2D eigenvalue weighted by atomic mass is 10.1. The van der Waals surface area contributed by atoms with Gasteiger partial charge in [0.25, 0.3) is 0 Å². The van der Waals surface area contributed by atoms with Crippen molar-refractivity contribution in [2.45, 2.75) is 31.5 Å². The number of nitrogens with zero attached hydrogens (tertiary/aromatic N) is 1. The summed E-state index contributed by atoms with van der Waals surface area (Å²) in [5.74, 6) is 0.946. The van der Waals surface area contributed by atoms with Gasteiger partial charge in [-0.25, -0.2) is 0 Å². The average Bonchev–Trinajstić information content (AvgIpc) is 3.17. The fourth-order valence-electron chi connectivity index (χ4n) is 2.43. The summed E-state index contributed by atoms with van der Waals surface area (Å²) in [7, 11) is 0. The molecule has 3 rings (SSSR count). The van der Waals surface area contributed by atoms with Gasteiger partial charge in [0.15, 0.2) is 0 Å². The fourth-order valence-corrected chi connectivity index (χ4v) is 2.43. The van der Waals surface area contributed by atoms with Gasteiger partial charge in [0.2, 0.25) is 0 Å². The molecule has 1 fully saturated rings. The molecule has 0 bridgehead atoms. The molecule has 4 heteroatoms. The van der Waals surface area contributed by atoms with Gasteiger partial charge in [-0.15, -0.1) is 0 Å². The van der Waals surface area contributed by atoms with Gasteiger partial charge in [0.05, 0.1) is 18.9 Å². The van der Waals surface area contributed by atoms with Gasteiger partial charge < -0.3 is 15.3 Å². The Kier molecular flexibility index (Phi) is 3.76. The zero-order valence-electron chi connectivity index (χ0n) is 11.4. The Bertz CT molecular complexity index is 532. The smallest absolute Gasteiger partial charge is 0.117 e. The maximum absolute atomic E-state index is 10.4. The van der Waals surface area contributed by atoms with Crippen LogP contribution in [0.1, 0.15) is 30.3 Å². The van der Waals surface area contributed by atoms with Crippen LogP contribution in [0.25, 0.3) is 0 Å². The van der Waals surface area contributed by atoms with Gasteiger partial charge in [-0.1, -0.05) is 12.1 Å². The van der Waals surface area contributed by atoms with E-state index in [2.05, 4.69) is 4.90 Å². The van der Waals surface area contributed by atoms with Crippen LogP contribution < -0.4 is 5.73 Å². The van der Waals surface area contributed by atoms with E-state index in [4.69, 9.17) is 10.2 Å². The van der Waals surface area contributed by atoms with Crippen LogP contribution >= 0.6 is 0 Å². The zero-order valence-corrected chi connectivity index (χ0v) is 11.4. The van der Waals surface area contributed by atoms with Crippen molar-refractivity contribution in [3.05, 3.63) is 54.0 Å².